The Morgan fingerprint density at radius 1 is 1.17 bits per heavy atom. The Kier molecular flexibility index (Phi) is 7.00. The van der Waals surface area contributed by atoms with Crippen LogP contribution in [0.1, 0.15) is 69.6 Å². The molecule has 3 aliphatic rings. The normalized spacial score (nSPS) is 25.4. The van der Waals surface area contributed by atoms with Crippen molar-refractivity contribution in [2.45, 2.75) is 76.9 Å². The molecule has 0 radical (unpaired) electrons. The summed E-state index contributed by atoms with van der Waals surface area (Å²) in [6.45, 7) is 9.29. The minimum Gasteiger partial charge on any atom is -0.357 e. The van der Waals surface area contributed by atoms with Crippen molar-refractivity contribution < 1.29 is 0 Å². The Balaban J connectivity index is 1.49. The highest BCUT2D eigenvalue weighted by molar-refractivity contribution is 7.99. The molecule has 1 saturated carbocycles. The van der Waals surface area contributed by atoms with Crippen molar-refractivity contribution in [1.82, 2.24) is 30.3 Å². The molecule has 1 saturated heterocycles. The molecule has 4 rings (SSSR count). The number of aryl methyl sites for hydroxylation is 2. The van der Waals surface area contributed by atoms with E-state index in [1.54, 1.807) is 0 Å². The zero-order valence-electron chi connectivity index (χ0n) is 18.1. The fraction of sp³-hybridized carbons (Fsp3) is 0.857. The van der Waals surface area contributed by atoms with Crippen molar-refractivity contribution in [1.29, 1.82) is 0 Å². The average molecular weight is 420 g/mol. The van der Waals surface area contributed by atoms with Gasteiger partial charge in [-0.05, 0) is 39.5 Å². The van der Waals surface area contributed by atoms with Crippen LogP contribution in [0.5, 0.6) is 0 Å². The van der Waals surface area contributed by atoms with Crippen molar-refractivity contribution in [2.75, 3.05) is 37.7 Å². The Morgan fingerprint density at radius 3 is 2.72 bits per heavy atom. The highest BCUT2D eigenvalue weighted by Gasteiger charge is 2.38. The minimum atomic E-state index is 0.191. The molecule has 29 heavy (non-hydrogen) atoms. The zero-order valence-corrected chi connectivity index (χ0v) is 18.9. The van der Waals surface area contributed by atoms with Crippen molar-refractivity contribution in [2.24, 2.45) is 4.99 Å². The number of aromatic nitrogens is 3. The number of nitrogens with zero attached hydrogens (tertiary/aromatic N) is 5. The first-order valence-electron chi connectivity index (χ1n) is 11.5. The summed E-state index contributed by atoms with van der Waals surface area (Å²) in [7, 11) is 0. The third-order valence-electron chi connectivity index (χ3n) is 6.63. The van der Waals surface area contributed by atoms with Gasteiger partial charge in [-0.2, -0.15) is 16.9 Å². The summed E-state index contributed by atoms with van der Waals surface area (Å²) < 4.78 is 2.06. The van der Waals surface area contributed by atoms with E-state index in [1.807, 2.05) is 6.92 Å². The summed E-state index contributed by atoms with van der Waals surface area (Å²) in [5, 5.41) is 11.7. The molecule has 3 heterocycles. The Morgan fingerprint density at radius 2 is 1.97 bits per heavy atom. The Hall–Kier alpha value is -1.28. The van der Waals surface area contributed by atoms with Gasteiger partial charge in [-0.25, -0.2) is 9.67 Å². The lowest BCUT2D eigenvalue weighted by Crippen LogP contribution is -2.55. The largest absolute Gasteiger partial charge is 0.357 e. The molecule has 2 fully saturated rings. The van der Waals surface area contributed by atoms with Gasteiger partial charge in [-0.3, -0.25) is 9.89 Å². The summed E-state index contributed by atoms with van der Waals surface area (Å²) in [6.07, 6.45) is 8.85. The van der Waals surface area contributed by atoms with Gasteiger partial charge in [0.2, 0.25) is 0 Å². The summed E-state index contributed by atoms with van der Waals surface area (Å²) in [5.74, 6) is 5.38. The van der Waals surface area contributed by atoms with Crippen molar-refractivity contribution in [3.8, 4) is 0 Å². The molecular weight excluding hydrogens is 382 g/mol. The molecule has 2 aliphatic heterocycles. The average Bonchev–Trinajstić information content (AvgIpc) is 3.15. The maximum atomic E-state index is 5.15. The monoisotopic (exact) mass is 419 g/mol. The van der Waals surface area contributed by atoms with Crippen molar-refractivity contribution >= 4 is 17.7 Å². The number of rotatable bonds is 5. The van der Waals surface area contributed by atoms with E-state index in [-0.39, 0.29) is 11.6 Å². The number of guanidine groups is 1. The molecule has 8 heteroatoms. The third-order valence-corrected chi connectivity index (χ3v) is 7.58. The van der Waals surface area contributed by atoms with E-state index in [2.05, 4.69) is 49.0 Å². The Bertz CT molecular complexity index is 689. The van der Waals surface area contributed by atoms with E-state index in [1.165, 1.54) is 56.7 Å². The highest BCUT2D eigenvalue weighted by atomic mass is 32.2. The van der Waals surface area contributed by atoms with Gasteiger partial charge in [0.15, 0.2) is 5.96 Å². The maximum absolute atomic E-state index is 5.15. The van der Waals surface area contributed by atoms with Gasteiger partial charge in [-0.15, -0.1) is 0 Å². The molecule has 2 N–H and O–H groups in total. The first kappa shape index (κ1) is 21.0. The summed E-state index contributed by atoms with van der Waals surface area (Å²) >= 11 is 2.10. The lowest BCUT2D eigenvalue weighted by molar-refractivity contribution is 0.0671. The summed E-state index contributed by atoms with van der Waals surface area (Å²) in [4.78, 5) is 12.6. The molecule has 0 amide bonds. The van der Waals surface area contributed by atoms with Gasteiger partial charge in [-0.1, -0.05) is 19.3 Å². The molecule has 1 unspecified atom stereocenters. The van der Waals surface area contributed by atoms with Crippen LogP contribution in [0.25, 0.3) is 0 Å². The van der Waals surface area contributed by atoms with Crippen molar-refractivity contribution in [3.05, 3.63) is 11.6 Å². The Labute approximate surface area is 179 Å². The van der Waals surface area contributed by atoms with Crippen LogP contribution in [0.2, 0.25) is 0 Å². The third kappa shape index (κ3) is 4.90. The number of aliphatic imine (C=N–C) groups is 1. The van der Waals surface area contributed by atoms with Crippen molar-refractivity contribution in [3.63, 3.8) is 0 Å². The topological polar surface area (TPSA) is 70.4 Å². The second kappa shape index (κ2) is 9.69. The van der Waals surface area contributed by atoms with E-state index in [0.29, 0.717) is 0 Å². The van der Waals surface area contributed by atoms with E-state index in [0.717, 1.165) is 50.1 Å². The van der Waals surface area contributed by atoms with Gasteiger partial charge in [0.25, 0.3) is 0 Å². The molecule has 1 aromatic heterocycles. The molecule has 1 aromatic rings. The fourth-order valence-electron chi connectivity index (χ4n) is 5.14. The molecule has 1 atom stereocenters. The van der Waals surface area contributed by atoms with E-state index in [4.69, 9.17) is 4.99 Å². The zero-order chi connectivity index (χ0) is 20.1. The molecule has 0 bridgehead atoms. The van der Waals surface area contributed by atoms with Crippen LogP contribution in [0.15, 0.2) is 4.99 Å². The number of thioether (sulfide) groups is 1. The number of fused-ring (bicyclic) bond motifs is 1. The van der Waals surface area contributed by atoms with Crippen LogP contribution in [-0.2, 0) is 6.54 Å². The quantitative estimate of drug-likeness (QED) is 0.565. The van der Waals surface area contributed by atoms with Crippen LogP contribution in [0, 0.1) is 6.92 Å². The summed E-state index contributed by atoms with van der Waals surface area (Å²) in [5.41, 5.74) is 0.255. The van der Waals surface area contributed by atoms with Crippen LogP contribution in [-0.4, -0.2) is 68.8 Å². The fourth-order valence-corrected chi connectivity index (χ4v) is 6.04. The molecular formula is C21H37N7S. The van der Waals surface area contributed by atoms with Gasteiger partial charge in [0, 0.05) is 43.2 Å². The smallest absolute Gasteiger partial charge is 0.191 e. The second-order valence-electron chi connectivity index (χ2n) is 8.66. The molecule has 7 nitrogen and oxygen atoms in total. The van der Waals surface area contributed by atoms with Crippen LogP contribution >= 0.6 is 11.8 Å². The van der Waals surface area contributed by atoms with Crippen LogP contribution in [0.4, 0.5) is 0 Å². The molecule has 0 aromatic carbocycles. The van der Waals surface area contributed by atoms with E-state index >= 15 is 0 Å². The second-order valence-corrected chi connectivity index (χ2v) is 9.88. The lowest BCUT2D eigenvalue weighted by atomic mass is 9.80. The number of nitrogens with one attached hydrogen (secondary N) is 2. The van der Waals surface area contributed by atoms with Gasteiger partial charge >= 0.3 is 0 Å². The maximum Gasteiger partial charge on any atom is 0.191 e. The first-order valence-corrected chi connectivity index (χ1v) is 12.6. The lowest BCUT2D eigenvalue weighted by Gasteiger charge is -2.47. The highest BCUT2D eigenvalue weighted by Crippen LogP contribution is 2.35. The number of hydrogen-bond donors (Lipinski definition) is 2. The van der Waals surface area contributed by atoms with Crippen LogP contribution < -0.4 is 10.6 Å². The molecule has 0 spiro atoms. The SMILES string of the molecule is CCNC(=NCC1(N2CCSCC2)CCCCC1)NC1CCCn2nc(C)nc21. The minimum absolute atomic E-state index is 0.191. The first-order chi connectivity index (χ1) is 14.2. The standard InChI is InChI=1S/C21H37N7S/c1-3-22-20(25-18-8-7-11-28-19(18)24-17(2)26-28)23-16-21(9-5-4-6-10-21)27-12-14-29-15-13-27/h18H,3-16H2,1-2H3,(H2,22,23,25). The van der Waals surface area contributed by atoms with E-state index < -0.39 is 0 Å². The van der Waals surface area contributed by atoms with Gasteiger partial charge in [0.1, 0.15) is 11.6 Å². The number of hydrogen-bond acceptors (Lipinski definition) is 5. The molecule has 1 aliphatic carbocycles. The van der Waals surface area contributed by atoms with E-state index in [9.17, 15) is 0 Å². The molecule has 162 valence electrons. The van der Waals surface area contributed by atoms with Crippen LogP contribution in [0.3, 0.4) is 0 Å². The summed E-state index contributed by atoms with van der Waals surface area (Å²) in [6, 6.07) is 0.191. The predicted octanol–water partition coefficient (Wildman–Crippen LogP) is 2.73. The predicted molar refractivity (Wildman–Crippen MR) is 121 cm³/mol. The van der Waals surface area contributed by atoms with Gasteiger partial charge in [0.05, 0.1) is 12.6 Å². The van der Waals surface area contributed by atoms with Gasteiger partial charge < -0.3 is 10.6 Å².